The fourth-order valence-corrected chi connectivity index (χ4v) is 2.89. The predicted molar refractivity (Wildman–Crippen MR) is 85.9 cm³/mol. The van der Waals surface area contributed by atoms with E-state index in [1.807, 2.05) is 25.1 Å². The van der Waals surface area contributed by atoms with E-state index in [0.717, 1.165) is 42.7 Å². The van der Waals surface area contributed by atoms with E-state index in [1.165, 1.54) is 0 Å². The zero-order chi connectivity index (χ0) is 15.5. The molecule has 0 radical (unpaired) electrons. The van der Waals surface area contributed by atoms with E-state index in [1.54, 1.807) is 7.05 Å². The SMILES string of the molecule is CCC1(C)CC(Nc2cccc(C(=O)NC)c2C)CCO1. The topological polar surface area (TPSA) is 50.4 Å². The molecule has 4 heteroatoms. The molecule has 0 aromatic heterocycles. The molecule has 116 valence electrons. The van der Waals surface area contributed by atoms with Crippen LogP contribution in [0.15, 0.2) is 18.2 Å². The summed E-state index contributed by atoms with van der Waals surface area (Å²) in [7, 11) is 1.66. The fourth-order valence-electron chi connectivity index (χ4n) is 2.89. The van der Waals surface area contributed by atoms with Crippen molar-refractivity contribution in [2.24, 2.45) is 0 Å². The maximum absolute atomic E-state index is 11.9. The van der Waals surface area contributed by atoms with E-state index in [9.17, 15) is 4.79 Å². The van der Waals surface area contributed by atoms with Crippen LogP contribution in [0.25, 0.3) is 0 Å². The standard InChI is InChI=1S/C17H26N2O2/c1-5-17(3)11-13(9-10-21-17)19-15-8-6-7-14(12(15)2)16(20)18-4/h6-8,13,19H,5,9-11H2,1-4H3,(H,18,20). The Labute approximate surface area is 127 Å². The van der Waals surface area contributed by atoms with Crippen LogP contribution < -0.4 is 10.6 Å². The second-order valence-electron chi connectivity index (χ2n) is 6.04. The zero-order valence-corrected chi connectivity index (χ0v) is 13.5. The molecule has 21 heavy (non-hydrogen) atoms. The van der Waals surface area contributed by atoms with Gasteiger partial charge in [-0.2, -0.15) is 0 Å². The van der Waals surface area contributed by atoms with E-state index < -0.39 is 0 Å². The average Bonchev–Trinajstić information content (AvgIpc) is 2.49. The number of hydrogen-bond donors (Lipinski definition) is 2. The fraction of sp³-hybridized carbons (Fsp3) is 0.588. The summed E-state index contributed by atoms with van der Waals surface area (Å²) in [5.41, 5.74) is 2.73. The highest BCUT2D eigenvalue weighted by atomic mass is 16.5. The molecular formula is C17H26N2O2. The van der Waals surface area contributed by atoms with Gasteiger partial charge in [-0.25, -0.2) is 0 Å². The van der Waals surface area contributed by atoms with E-state index in [-0.39, 0.29) is 11.5 Å². The summed E-state index contributed by atoms with van der Waals surface area (Å²) < 4.78 is 5.89. The summed E-state index contributed by atoms with van der Waals surface area (Å²) in [4.78, 5) is 11.9. The summed E-state index contributed by atoms with van der Waals surface area (Å²) in [5.74, 6) is -0.0403. The minimum atomic E-state index is -0.0403. The number of rotatable bonds is 4. The van der Waals surface area contributed by atoms with Gasteiger partial charge in [0, 0.05) is 30.9 Å². The van der Waals surface area contributed by atoms with E-state index >= 15 is 0 Å². The van der Waals surface area contributed by atoms with Gasteiger partial charge in [0.05, 0.1) is 5.60 Å². The van der Waals surface area contributed by atoms with Crippen LogP contribution in [0.5, 0.6) is 0 Å². The van der Waals surface area contributed by atoms with Crippen molar-refractivity contribution in [2.75, 3.05) is 19.0 Å². The van der Waals surface area contributed by atoms with Crippen molar-refractivity contribution in [3.8, 4) is 0 Å². The second-order valence-corrected chi connectivity index (χ2v) is 6.04. The molecule has 0 aliphatic carbocycles. The van der Waals surface area contributed by atoms with Crippen molar-refractivity contribution < 1.29 is 9.53 Å². The lowest BCUT2D eigenvalue weighted by Crippen LogP contribution is -2.42. The Morgan fingerprint density at radius 1 is 1.48 bits per heavy atom. The second kappa shape index (κ2) is 6.48. The minimum Gasteiger partial charge on any atom is -0.382 e. The van der Waals surface area contributed by atoms with Crippen LogP contribution >= 0.6 is 0 Å². The number of nitrogens with one attached hydrogen (secondary N) is 2. The number of anilines is 1. The van der Waals surface area contributed by atoms with Gasteiger partial charge in [-0.15, -0.1) is 0 Å². The summed E-state index contributed by atoms with van der Waals surface area (Å²) >= 11 is 0. The normalized spacial score (nSPS) is 25.4. The lowest BCUT2D eigenvalue weighted by atomic mass is 9.89. The smallest absolute Gasteiger partial charge is 0.251 e. The molecule has 2 unspecified atom stereocenters. The van der Waals surface area contributed by atoms with Crippen molar-refractivity contribution >= 4 is 11.6 Å². The van der Waals surface area contributed by atoms with E-state index in [4.69, 9.17) is 4.74 Å². The Bertz CT molecular complexity index is 516. The van der Waals surface area contributed by atoms with Crippen molar-refractivity contribution in [1.29, 1.82) is 0 Å². The predicted octanol–water partition coefficient (Wildman–Crippen LogP) is 3.11. The Morgan fingerprint density at radius 3 is 2.90 bits per heavy atom. The molecule has 1 amide bonds. The van der Waals surface area contributed by atoms with Gasteiger partial charge in [-0.05, 0) is 50.8 Å². The maximum atomic E-state index is 11.9. The summed E-state index contributed by atoms with van der Waals surface area (Å²) in [6, 6.07) is 6.22. The first kappa shape index (κ1) is 15.8. The zero-order valence-electron chi connectivity index (χ0n) is 13.5. The molecule has 1 aliphatic heterocycles. The lowest BCUT2D eigenvalue weighted by molar-refractivity contribution is -0.0708. The molecule has 0 spiro atoms. The van der Waals surface area contributed by atoms with Gasteiger partial charge in [0.25, 0.3) is 5.91 Å². The molecular weight excluding hydrogens is 264 g/mol. The molecule has 0 saturated carbocycles. The quantitative estimate of drug-likeness (QED) is 0.896. The number of ether oxygens (including phenoxy) is 1. The first-order valence-electron chi connectivity index (χ1n) is 7.71. The average molecular weight is 290 g/mol. The van der Waals surface area contributed by atoms with Crippen LogP contribution in [0.4, 0.5) is 5.69 Å². The van der Waals surface area contributed by atoms with Gasteiger partial charge in [0.1, 0.15) is 0 Å². The number of carbonyl (C=O) groups is 1. The number of hydrogen-bond acceptors (Lipinski definition) is 3. The van der Waals surface area contributed by atoms with E-state index in [2.05, 4.69) is 24.5 Å². The molecule has 1 heterocycles. The van der Waals surface area contributed by atoms with Gasteiger partial charge < -0.3 is 15.4 Å². The van der Waals surface area contributed by atoms with E-state index in [0.29, 0.717) is 6.04 Å². The third-order valence-corrected chi connectivity index (χ3v) is 4.51. The van der Waals surface area contributed by atoms with Gasteiger partial charge in [-0.1, -0.05) is 13.0 Å². The molecule has 2 atom stereocenters. The van der Waals surface area contributed by atoms with Crippen LogP contribution in [0.2, 0.25) is 0 Å². The Morgan fingerprint density at radius 2 is 2.24 bits per heavy atom. The van der Waals surface area contributed by atoms with Gasteiger partial charge in [0.2, 0.25) is 0 Å². The molecule has 1 aliphatic rings. The third-order valence-electron chi connectivity index (χ3n) is 4.51. The van der Waals surface area contributed by atoms with Crippen molar-refractivity contribution in [3.63, 3.8) is 0 Å². The molecule has 1 aromatic rings. The third kappa shape index (κ3) is 3.56. The molecule has 1 aromatic carbocycles. The summed E-state index contributed by atoms with van der Waals surface area (Å²) in [5, 5.41) is 6.29. The Kier molecular flexibility index (Phi) is 4.88. The highest BCUT2D eigenvalue weighted by molar-refractivity contribution is 5.96. The first-order chi connectivity index (χ1) is 9.99. The van der Waals surface area contributed by atoms with Gasteiger partial charge >= 0.3 is 0 Å². The highest BCUT2D eigenvalue weighted by Gasteiger charge is 2.31. The number of amides is 1. The monoisotopic (exact) mass is 290 g/mol. The summed E-state index contributed by atoms with van der Waals surface area (Å²) in [6.07, 6.45) is 3.01. The Hall–Kier alpha value is -1.55. The summed E-state index contributed by atoms with van der Waals surface area (Å²) in [6.45, 7) is 7.12. The molecule has 2 N–H and O–H groups in total. The van der Waals surface area contributed by atoms with Crippen LogP contribution in [0.3, 0.4) is 0 Å². The molecule has 0 bridgehead atoms. The van der Waals surface area contributed by atoms with Gasteiger partial charge in [-0.3, -0.25) is 4.79 Å². The molecule has 1 fully saturated rings. The number of benzene rings is 1. The molecule has 4 nitrogen and oxygen atoms in total. The van der Waals surface area contributed by atoms with Crippen molar-refractivity contribution in [1.82, 2.24) is 5.32 Å². The van der Waals surface area contributed by atoms with Crippen LogP contribution in [0.1, 0.15) is 49.0 Å². The maximum Gasteiger partial charge on any atom is 0.251 e. The lowest BCUT2D eigenvalue weighted by Gasteiger charge is -2.38. The van der Waals surface area contributed by atoms with Crippen LogP contribution in [-0.4, -0.2) is 31.2 Å². The first-order valence-corrected chi connectivity index (χ1v) is 7.71. The van der Waals surface area contributed by atoms with Crippen LogP contribution in [-0.2, 0) is 4.74 Å². The van der Waals surface area contributed by atoms with Crippen molar-refractivity contribution in [3.05, 3.63) is 29.3 Å². The number of carbonyl (C=O) groups excluding carboxylic acids is 1. The molecule has 2 rings (SSSR count). The largest absolute Gasteiger partial charge is 0.382 e. The van der Waals surface area contributed by atoms with Crippen LogP contribution in [0, 0.1) is 6.92 Å². The van der Waals surface area contributed by atoms with Crippen molar-refractivity contribution in [2.45, 2.75) is 51.7 Å². The highest BCUT2D eigenvalue weighted by Crippen LogP contribution is 2.30. The Balaban J connectivity index is 2.15. The minimum absolute atomic E-state index is 0.0395. The molecule has 1 saturated heterocycles. The van der Waals surface area contributed by atoms with Gasteiger partial charge in [0.15, 0.2) is 0 Å².